The summed E-state index contributed by atoms with van der Waals surface area (Å²) in [7, 11) is 0. The first-order valence-electron chi connectivity index (χ1n) is 9.83. The predicted molar refractivity (Wildman–Crippen MR) is 112 cm³/mol. The van der Waals surface area contributed by atoms with Crippen LogP contribution in [0.2, 0.25) is 0 Å². The Kier molecular flexibility index (Phi) is 4.40. The number of nitrogens with zero attached hydrogens (tertiary/aromatic N) is 2. The van der Waals surface area contributed by atoms with Gasteiger partial charge in [-0.25, -0.2) is 9.36 Å². The van der Waals surface area contributed by atoms with Gasteiger partial charge in [0.05, 0.1) is 34.5 Å². The molecule has 5 rings (SSSR count). The number of carbonyl (C=O) groups is 1. The molecule has 0 N–H and O–H groups in total. The van der Waals surface area contributed by atoms with Crippen LogP contribution in [0.3, 0.4) is 0 Å². The standard InChI is InChI=1S/C24H15F3N2O3/c25-24(26,27)15-11-9-14(10-12-15)21(30)19-13-28-22(31)17-6-1-2-7-18(17)23(32)29(28)20-8-4-3-5-16(19)20/h1-12,19H,13H2. The highest BCUT2D eigenvalue weighted by Crippen LogP contribution is 2.33. The van der Waals surface area contributed by atoms with E-state index in [-0.39, 0.29) is 28.4 Å². The van der Waals surface area contributed by atoms with Gasteiger partial charge >= 0.3 is 6.18 Å². The minimum atomic E-state index is -4.51. The first-order chi connectivity index (χ1) is 15.3. The Morgan fingerprint density at radius 2 is 1.41 bits per heavy atom. The van der Waals surface area contributed by atoms with Gasteiger partial charge in [-0.05, 0) is 35.9 Å². The van der Waals surface area contributed by atoms with E-state index in [2.05, 4.69) is 0 Å². The number of para-hydroxylation sites is 1. The van der Waals surface area contributed by atoms with E-state index >= 15 is 0 Å². The normalized spacial score (nSPS) is 15.3. The van der Waals surface area contributed by atoms with Crippen molar-refractivity contribution in [3.63, 3.8) is 0 Å². The van der Waals surface area contributed by atoms with Crippen LogP contribution in [-0.4, -0.2) is 15.1 Å². The molecule has 0 saturated heterocycles. The van der Waals surface area contributed by atoms with E-state index in [0.29, 0.717) is 11.3 Å². The molecule has 0 radical (unpaired) electrons. The fourth-order valence-corrected chi connectivity index (χ4v) is 4.21. The highest BCUT2D eigenvalue weighted by Gasteiger charge is 2.34. The molecule has 1 aromatic heterocycles. The maximum atomic E-state index is 13.3. The minimum absolute atomic E-state index is 0.0995. The van der Waals surface area contributed by atoms with E-state index in [1.165, 1.54) is 9.36 Å². The van der Waals surface area contributed by atoms with Crippen molar-refractivity contribution in [3.8, 4) is 5.69 Å². The number of rotatable bonds is 2. The molecule has 2 heterocycles. The molecule has 0 fully saturated rings. The summed E-state index contributed by atoms with van der Waals surface area (Å²) < 4.78 is 41.2. The van der Waals surface area contributed by atoms with Crippen molar-refractivity contribution >= 4 is 16.6 Å². The summed E-state index contributed by atoms with van der Waals surface area (Å²) in [6.07, 6.45) is -4.51. The fraction of sp³-hybridized carbons (Fsp3) is 0.125. The van der Waals surface area contributed by atoms with Crippen LogP contribution < -0.4 is 11.1 Å². The number of halogens is 3. The predicted octanol–water partition coefficient (Wildman–Crippen LogP) is 4.15. The van der Waals surface area contributed by atoms with Crippen molar-refractivity contribution in [1.82, 2.24) is 9.36 Å². The molecule has 8 heteroatoms. The molecule has 5 nitrogen and oxygen atoms in total. The van der Waals surface area contributed by atoms with Gasteiger partial charge in [-0.1, -0.05) is 42.5 Å². The van der Waals surface area contributed by atoms with E-state index < -0.39 is 29.0 Å². The third kappa shape index (κ3) is 2.98. The lowest BCUT2D eigenvalue weighted by Crippen LogP contribution is -2.43. The number of carbonyl (C=O) groups excluding carboxylic acids is 1. The third-order valence-corrected chi connectivity index (χ3v) is 5.77. The fourth-order valence-electron chi connectivity index (χ4n) is 4.21. The van der Waals surface area contributed by atoms with E-state index in [1.54, 1.807) is 48.5 Å². The van der Waals surface area contributed by atoms with Gasteiger partial charge in [-0.15, -0.1) is 0 Å². The van der Waals surface area contributed by atoms with Crippen LogP contribution in [0, 0.1) is 0 Å². The Morgan fingerprint density at radius 3 is 2.06 bits per heavy atom. The molecular weight excluding hydrogens is 421 g/mol. The Balaban J connectivity index is 1.68. The average Bonchev–Trinajstić information content (AvgIpc) is 2.80. The molecule has 1 aliphatic heterocycles. The smallest absolute Gasteiger partial charge is 0.293 e. The van der Waals surface area contributed by atoms with Crippen LogP contribution in [0.5, 0.6) is 0 Å². The molecule has 1 unspecified atom stereocenters. The van der Waals surface area contributed by atoms with E-state index in [4.69, 9.17) is 0 Å². The molecule has 4 aromatic rings. The molecule has 0 aliphatic carbocycles. The molecule has 0 spiro atoms. The molecule has 1 atom stereocenters. The topological polar surface area (TPSA) is 61.1 Å². The van der Waals surface area contributed by atoms with Crippen LogP contribution in [0.25, 0.3) is 16.5 Å². The van der Waals surface area contributed by atoms with Gasteiger partial charge in [-0.3, -0.25) is 14.4 Å². The lowest BCUT2D eigenvalue weighted by Gasteiger charge is -2.29. The molecule has 160 valence electrons. The second-order valence-electron chi connectivity index (χ2n) is 7.60. The second-order valence-corrected chi connectivity index (χ2v) is 7.60. The van der Waals surface area contributed by atoms with Crippen molar-refractivity contribution in [2.75, 3.05) is 0 Å². The Hall–Kier alpha value is -3.94. The van der Waals surface area contributed by atoms with Crippen LogP contribution in [0.1, 0.15) is 27.4 Å². The van der Waals surface area contributed by atoms with Crippen molar-refractivity contribution in [3.05, 3.63) is 110 Å². The number of hydrogen-bond donors (Lipinski definition) is 0. The first kappa shape index (κ1) is 20.0. The Labute approximate surface area is 178 Å². The number of benzene rings is 3. The highest BCUT2D eigenvalue weighted by molar-refractivity contribution is 6.01. The van der Waals surface area contributed by atoms with Crippen LogP contribution in [-0.2, 0) is 12.7 Å². The summed E-state index contributed by atoms with van der Waals surface area (Å²) in [5, 5.41) is 0.518. The number of ketones is 1. The Bertz CT molecular complexity index is 1500. The van der Waals surface area contributed by atoms with Gasteiger partial charge in [0.1, 0.15) is 0 Å². The van der Waals surface area contributed by atoms with Crippen LogP contribution in [0.4, 0.5) is 13.2 Å². The summed E-state index contributed by atoms with van der Waals surface area (Å²) in [5.41, 5.74) is -0.612. The number of fused-ring (bicyclic) bond motifs is 4. The van der Waals surface area contributed by atoms with Crippen LogP contribution in [0.15, 0.2) is 82.4 Å². The summed E-state index contributed by atoms with van der Waals surface area (Å²) in [5.74, 6) is -1.26. The van der Waals surface area contributed by atoms with Crippen LogP contribution >= 0.6 is 0 Å². The molecule has 3 aromatic carbocycles. The quantitative estimate of drug-likeness (QED) is 0.444. The summed E-state index contributed by atoms with van der Waals surface area (Å²) in [4.78, 5) is 39.6. The van der Waals surface area contributed by atoms with E-state index in [1.807, 2.05) is 0 Å². The first-order valence-corrected chi connectivity index (χ1v) is 9.83. The monoisotopic (exact) mass is 436 g/mol. The zero-order chi connectivity index (χ0) is 22.6. The molecular formula is C24H15F3N2O3. The average molecular weight is 436 g/mol. The lowest BCUT2D eigenvalue weighted by molar-refractivity contribution is -0.137. The van der Waals surface area contributed by atoms with Crippen molar-refractivity contribution < 1.29 is 18.0 Å². The van der Waals surface area contributed by atoms with E-state index in [9.17, 15) is 27.6 Å². The van der Waals surface area contributed by atoms with Gasteiger partial charge in [-0.2, -0.15) is 13.2 Å². The van der Waals surface area contributed by atoms with Crippen molar-refractivity contribution in [2.45, 2.75) is 18.6 Å². The van der Waals surface area contributed by atoms with Gasteiger partial charge in [0.2, 0.25) is 0 Å². The maximum absolute atomic E-state index is 13.3. The number of aromatic nitrogens is 2. The highest BCUT2D eigenvalue weighted by atomic mass is 19.4. The SMILES string of the molecule is O=C(c1ccc(C(F)(F)F)cc1)C1Cn2c(=O)c3ccccc3c(=O)n2-c2ccccc21. The summed E-state index contributed by atoms with van der Waals surface area (Å²) in [6.45, 7) is -0.101. The maximum Gasteiger partial charge on any atom is 0.416 e. The number of Topliss-reactive ketones (excluding diaryl/α,β-unsaturated/α-hetero) is 1. The zero-order valence-corrected chi connectivity index (χ0v) is 16.5. The van der Waals surface area contributed by atoms with Gasteiger partial charge in [0, 0.05) is 5.56 Å². The molecule has 32 heavy (non-hydrogen) atoms. The van der Waals surface area contributed by atoms with Crippen molar-refractivity contribution in [2.24, 2.45) is 0 Å². The number of alkyl halides is 3. The van der Waals surface area contributed by atoms with Gasteiger partial charge in [0.15, 0.2) is 5.78 Å². The molecule has 1 aliphatic rings. The van der Waals surface area contributed by atoms with Gasteiger partial charge in [0.25, 0.3) is 11.1 Å². The largest absolute Gasteiger partial charge is 0.416 e. The number of hydrogen-bond acceptors (Lipinski definition) is 3. The molecule has 0 saturated carbocycles. The zero-order valence-electron chi connectivity index (χ0n) is 16.5. The third-order valence-electron chi connectivity index (χ3n) is 5.77. The minimum Gasteiger partial charge on any atom is -0.293 e. The summed E-state index contributed by atoms with van der Waals surface area (Å²) >= 11 is 0. The van der Waals surface area contributed by atoms with Gasteiger partial charge < -0.3 is 0 Å². The summed E-state index contributed by atoms with van der Waals surface area (Å²) in [6, 6.07) is 17.2. The Morgan fingerprint density at radius 1 is 0.812 bits per heavy atom. The molecule has 0 amide bonds. The van der Waals surface area contributed by atoms with Crippen molar-refractivity contribution in [1.29, 1.82) is 0 Å². The second kappa shape index (κ2) is 7.05. The molecule has 0 bridgehead atoms. The lowest BCUT2D eigenvalue weighted by atomic mass is 9.88. The van der Waals surface area contributed by atoms with E-state index in [0.717, 1.165) is 24.3 Å².